The van der Waals surface area contributed by atoms with Crippen molar-refractivity contribution in [1.82, 2.24) is 9.97 Å². The lowest BCUT2D eigenvalue weighted by Gasteiger charge is -2.08. The van der Waals surface area contributed by atoms with Crippen molar-refractivity contribution in [1.29, 1.82) is 0 Å². The molecule has 0 saturated heterocycles. The van der Waals surface area contributed by atoms with Gasteiger partial charge in [-0.15, -0.1) is 0 Å². The summed E-state index contributed by atoms with van der Waals surface area (Å²) in [5.74, 6) is -1.99. The van der Waals surface area contributed by atoms with E-state index in [9.17, 15) is 9.18 Å². The Kier molecular flexibility index (Phi) is 3.31. The normalized spacial score (nSPS) is 11.0. The van der Waals surface area contributed by atoms with Crippen LogP contribution in [0.3, 0.4) is 0 Å². The van der Waals surface area contributed by atoms with Gasteiger partial charge >= 0.3 is 5.97 Å². The fourth-order valence-electron chi connectivity index (χ4n) is 2.04. The van der Waals surface area contributed by atoms with Crippen LogP contribution >= 0.6 is 23.2 Å². The lowest BCUT2D eigenvalue weighted by Crippen LogP contribution is -2.01. The average molecular weight is 325 g/mol. The van der Waals surface area contributed by atoms with Crippen LogP contribution in [0.4, 0.5) is 4.39 Å². The van der Waals surface area contributed by atoms with Gasteiger partial charge < -0.3 is 10.1 Å². The van der Waals surface area contributed by atoms with E-state index in [0.29, 0.717) is 11.0 Å². The van der Waals surface area contributed by atoms with Crippen molar-refractivity contribution in [2.24, 2.45) is 0 Å². The molecule has 0 atom stereocenters. The minimum atomic E-state index is -1.34. The highest BCUT2D eigenvalue weighted by Crippen LogP contribution is 2.38. The van der Waals surface area contributed by atoms with E-state index >= 15 is 0 Å². The Morgan fingerprint density at radius 1 is 1.24 bits per heavy atom. The van der Waals surface area contributed by atoms with E-state index in [1.54, 1.807) is 18.2 Å². The van der Waals surface area contributed by atoms with Crippen LogP contribution in [-0.2, 0) is 0 Å². The molecule has 0 fully saturated rings. The number of para-hydroxylation sites is 2. The predicted molar refractivity (Wildman–Crippen MR) is 78.5 cm³/mol. The van der Waals surface area contributed by atoms with E-state index in [4.69, 9.17) is 28.3 Å². The topological polar surface area (TPSA) is 66.0 Å². The van der Waals surface area contributed by atoms with Crippen molar-refractivity contribution in [3.63, 3.8) is 0 Å². The number of hydrogen-bond acceptors (Lipinski definition) is 2. The van der Waals surface area contributed by atoms with E-state index < -0.39 is 11.8 Å². The molecule has 2 aromatic carbocycles. The number of aromatic carboxylic acids is 1. The molecule has 21 heavy (non-hydrogen) atoms. The Balaban J connectivity index is 2.33. The smallest absolute Gasteiger partial charge is 0.337 e. The third-order valence-electron chi connectivity index (χ3n) is 3.01. The van der Waals surface area contributed by atoms with E-state index in [0.717, 1.165) is 6.07 Å². The third-order valence-corrected chi connectivity index (χ3v) is 3.77. The molecule has 0 amide bonds. The lowest BCUT2D eigenvalue weighted by atomic mass is 10.1. The van der Waals surface area contributed by atoms with Gasteiger partial charge in [-0.3, -0.25) is 0 Å². The highest BCUT2D eigenvalue weighted by molar-refractivity contribution is 6.41. The van der Waals surface area contributed by atoms with Crippen LogP contribution < -0.4 is 0 Å². The Morgan fingerprint density at radius 3 is 2.62 bits per heavy atom. The summed E-state index contributed by atoms with van der Waals surface area (Å²) in [4.78, 5) is 18.3. The van der Waals surface area contributed by atoms with E-state index in [1.807, 2.05) is 6.07 Å². The number of rotatable bonds is 2. The molecule has 3 rings (SSSR count). The Morgan fingerprint density at radius 2 is 1.95 bits per heavy atom. The number of nitrogens with zero attached hydrogens (tertiary/aromatic N) is 1. The Bertz CT molecular complexity index is 844. The van der Waals surface area contributed by atoms with Gasteiger partial charge in [-0.2, -0.15) is 0 Å². The van der Waals surface area contributed by atoms with Crippen molar-refractivity contribution in [3.8, 4) is 11.4 Å². The third kappa shape index (κ3) is 2.24. The van der Waals surface area contributed by atoms with Crippen molar-refractivity contribution < 1.29 is 14.3 Å². The van der Waals surface area contributed by atoms with Crippen LogP contribution in [0.15, 0.2) is 30.3 Å². The standard InChI is InChI=1S/C14H7Cl2FN2O2/c15-11-6(14(20)21)5-7(17)12(16)10(11)13-18-8-3-1-2-4-9(8)19-13/h1-5H,(H,18,19)(H,20,21). The molecule has 0 spiro atoms. The average Bonchev–Trinajstić information content (AvgIpc) is 2.86. The van der Waals surface area contributed by atoms with Gasteiger partial charge in [0.1, 0.15) is 11.6 Å². The minimum absolute atomic E-state index is 0.0342. The van der Waals surface area contributed by atoms with E-state index in [2.05, 4.69) is 9.97 Å². The van der Waals surface area contributed by atoms with Crippen molar-refractivity contribution in [3.05, 3.63) is 51.8 Å². The van der Waals surface area contributed by atoms with E-state index in [-0.39, 0.29) is 27.0 Å². The molecule has 7 heteroatoms. The first-order valence-electron chi connectivity index (χ1n) is 5.85. The molecule has 2 N–H and O–H groups in total. The second kappa shape index (κ2) is 5.02. The zero-order valence-corrected chi connectivity index (χ0v) is 11.8. The first kappa shape index (κ1) is 13.9. The molecule has 1 heterocycles. The molecule has 0 aliphatic rings. The molecule has 1 aromatic heterocycles. The molecule has 0 aliphatic heterocycles. The van der Waals surface area contributed by atoms with Gasteiger partial charge in [-0.1, -0.05) is 35.3 Å². The predicted octanol–water partition coefficient (Wildman–Crippen LogP) is 4.37. The van der Waals surface area contributed by atoms with Gasteiger partial charge in [-0.05, 0) is 18.2 Å². The maximum absolute atomic E-state index is 13.8. The van der Waals surface area contributed by atoms with Crippen LogP contribution in [0.5, 0.6) is 0 Å². The number of halogens is 3. The van der Waals surface area contributed by atoms with Crippen molar-refractivity contribution in [2.45, 2.75) is 0 Å². The second-order valence-corrected chi connectivity index (χ2v) is 5.07. The number of H-pyrrole nitrogens is 1. The molecule has 0 bridgehead atoms. The fourth-order valence-corrected chi connectivity index (χ4v) is 2.64. The molecule has 106 valence electrons. The number of carboxylic acids is 1. The minimum Gasteiger partial charge on any atom is -0.478 e. The van der Waals surface area contributed by atoms with Crippen molar-refractivity contribution in [2.75, 3.05) is 0 Å². The number of fused-ring (bicyclic) bond motifs is 1. The molecule has 0 aliphatic carbocycles. The van der Waals surface area contributed by atoms with Gasteiger partial charge in [-0.25, -0.2) is 14.2 Å². The molecular formula is C14H7Cl2FN2O2. The van der Waals surface area contributed by atoms with Crippen LogP contribution in [0.2, 0.25) is 10.0 Å². The summed E-state index contributed by atoms with van der Waals surface area (Å²) in [6, 6.07) is 7.94. The summed E-state index contributed by atoms with van der Waals surface area (Å²) in [6.45, 7) is 0. The van der Waals surface area contributed by atoms with Gasteiger partial charge in [0.15, 0.2) is 0 Å². The number of carbonyl (C=O) groups is 1. The van der Waals surface area contributed by atoms with Gasteiger partial charge in [0.25, 0.3) is 0 Å². The Hall–Kier alpha value is -2.11. The van der Waals surface area contributed by atoms with Crippen LogP contribution in [0.1, 0.15) is 10.4 Å². The maximum atomic E-state index is 13.8. The second-order valence-electron chi connectivity index (χ2n) is 4.32. The SMILES string of the molecule is O=C(O)c1cc(F)c(Cl)c(-c2nc3ccccc3[nH]2)c1Cl. The molecule has 3 aromatic rings. The monoisotopic (exact) mass is 324 g/mol. The summed E-state index contributed by atoms with van der Waals surface area (Å²) >= 11 is 12.0. The molecule has 0 saturated carbocycles. The highest BCUT2D eigenvalue weighted by atomic mass is 35.5. The maximum Gasteiger partial charge on any atom is 0.337 e. The fraction of sp³-hybridized carbons (Fsp3) is 0. The number of imidazole rings is 1. The molecule has 4 nitrogen and oxygen atoms in total. The van der Waals surface area contributed by atoms with Crippen LogP contribution in [0.25, 0.3) is 22.4 Å². The van der Waals surface area contributed by atoms with Crippen LogP contribution in [0, 0.1) is 5.82 Å². The van der Waals surface area contributed by atoms with Gasteiger partial charge in [0.05, 0.1) is 32.2 Å². The number of carboxylic acid groups (broad SMARTS) is 1. The highest BCUT2D eigenvalue weighted by Gasteiger charge is 2.22. The van der Waals surface area contributed by atoms with Gasteiger partial charge in [0, 0.05) is 0 Å². The first-order chi connectivity index (χ1) is 9.99. The zero-order valence-electron chi connectivity index (χ0n) is 10.3. The number of nitrogens with one attached hydrogen (secondary N) is 1. The van der Waals surface area contributed by atoms with E-state index in [1.165, 1.54) is 0 Å². The summed E-state index contributed by atoms with van der Waals surface area (Å²) in [6.07, 6.45) is 0. The zero-order chi connectivity index (χ0) is 15.1. The lowest BCUT2D eigenvalue weighted by molar-refractivity contribution is 0.0696. The summed E-state index contributed by atoms with van der Waals surface area (Å²) < 4.78 is 13.8. The summed E-state index contributed by atoms with van der Waals surface area (Å²) in [5.41, 5.74) is 1.02. The number of aromatic nitrogens is 2. The van der Waals surface area contributed by atoms with Crippen molar-refractivity contribution >= 4 is 40.2 Å². The van der Waals surface area contributed by atoms with Crippen LogP contribution in [-0.4, -0.2) is 21.0 Å². The number of benzene rings is 2. The summed E-state index contributed by atoms with van der Waals surface area (Å²) in [5, 5.41) is 8.63. The molecule has 0 radical (unpaired) electrons. The molecular weight excluding hydrogens is 318 g/mol. The Labute approximate surface area is 128 Å². The first-order valence-corrected chi connectivity index (χ1v) is 6.60. The van der Waals surface area contributed by atoms with Gasteiger partial charge in [0.2, 0.25) is 0 Å². The summed E-state index contributed by atoms with van der Waals surface area (Å²) in [7, 11) is 0. The number of aromatic amines is 1. The number of hydrogen-bond donors (Lipinski definition) is 2. The quantitative estimate of drug-likeness (QED) is 0.688. The largest absolute Gasteiger partial charge is 0.478 e. The molecule has 0 unspecified atom stereocenters.